The van der Waals surface area contributed by atoms with E-state index in [0.29, 0.717) is 29.0 Å². The molecular weight excluding hydrogens is 449 g/mol. The highest BCUT2D eigenvalue weighted by Gasteiger charge is 2.23. The molecule has 32 heavy (non-hydrogen) atoms. The van der Waals surface area contributed by atoms with E-state index in [0.717, 1.165) is 16.5 Å². The SMILES string of the molecule is CNCc1cn(S(=O)(=O)c2ccccc2C)c2cc(Nc3ccc(C)cc3F)ccc12.Cl. The van der Waals surface area contributed by atoms with E-state index in [1.165, 1.54) is 10.0 Å². The van der Waals surface area contributed by atoms with E-state index in [4.69, 9.17) is 0 Å². The van der Waals surface area contributed by atoms with Crippen molar-refractivity contribution in [2.24, 2.45) is 0 Å². The van der Waals surface area contributed by atoms with Crippen molar-refractivity contribution < 1.29 is 12.8 Å². The molecular formula is C24H25ClFN3O2S. The fraction of sp³-hybridized carbons (Fsp3) is 0.167. The molecule has 0 saturated carbocycles. The van der Waals surface area contributed by atoms with Crippen LogP contribution >= 0.6 is 12.4 Å². The third-order valence-electron chi connectivity index (χ3n) is 5.26. The van der Waals surface area contributed by atoms with Crippen LogP contribution in [0.3, 0.4) is 0 Å². The van der Waals surface area contributed by atoms with Crippen molar-refractivity contribution in [1.82, 2.24) is 9.29 Å². The topological polar surface area (TPSA) is 63.1 Å². The first kappa shape index (κ1) is 23.8. The second-order valence-corrected chi connectivity index (χ2v) is 9.37. The average molecular weight is 474 g/mol. The molecule has 8 heteroatoms. The van der Waals surface area contributed by atoms with E-state index >= 15 is 0 Å². The highest BCUT2D eigenvalue weighted by molar-refractivity contribution is 7.90. The number of nitrogens with one attached hydrogen (secondary N) is 2. The number of hydrogen-bond donors (Lipinski definition) is 2. The molecule has 0 aliphatic heterocycles. The van der Waals surface area contributed by atoms with Crippen molar-refractivity contribution in [3.05, 3.63) is 89.4 Å². The van der Waals surface area contributed by atoms with Crippen LogP contribution in [0.25, 0.3) is 10.9 Å². The zero-order valence-electron chi connectivity index (χ0n) is 18.0. The van der Waals surface area contributed by atoms with E-state index < -0.39 is 10.0 Å². The van der Waals surface area contributed by atoms with Crippen LogP contribution in [0.2, 0.25) is 0 Å². The van der Waals surface area contributed by atoms with E-state index in [9.17, 15) is 12.8 Å². The fourth-order valence-corrected chi connectivity index (χ4v) is 5.32. The minimum atomic E-state index is -3.81. The molecule has 0 atom stereocenters. The molecule has 0 aliphatic carbocycles. The molecule has 0 unspecified atom stereocenters. The molecule has 2 N–H and O–H groups in total. The van der Waals surface area contributed by atoms with E-state index in [1.807, 2.05) is 38.2 Å². The number of nitrogens with zero attached hydrogens (tertiary/aromatic N) is 1. The number of aryl methyl sites for hydroxylation is 2. The van der Waals surface area contributed by atoms with Crippen molar-refractivity contribution in [3.8, 4) is 0 Å². The number of rotatable bonds is 6. The van der Waals surface area contributed by atoms with Crippen LogP contribution in [-0.4, -0.2) is 19.4 Å². The first-order valence-corrected chi connectivity index (χ1v) is 11.4. The fourth-order valence-electron chi connectivity index (χ4n) is 3.70. The van der Waals surface area contributed by atoms with Crippen molar-refractivity contribution >= 4 is 44.7 Å². The number of halogens is 2. The second kappa shape index (κ2) is 9.32. The number of hydrogen-bond acceptors (Lipinski definition) is 4. The monoisotopic (exact) mass is 473 g/mol. The summed E-state index contributed by atoms with van der Waals surface area (Å²) in [6, 6.07) is 17.3. The lowest BCUT2D eigenvalue weighted by Gasteiger charge is -2.12. The molecule has 0 spiro atoms. The molecule has 4 aromatic rings. The van der Waals surface area contributed by atoms with Crippen LogP contribution in [0.4, 0.5) is 15.8 Å². The first-order chi connectivity index (χ1) is 14.8. The maximum Gasteiger partial charge on any atom is 0.268 e. The Morgan fingerprint density at radius 3 is 2.44 bits per heavy atom. The Kier molecular flexibility index (Phi) is 6.93. The van der Waals surface area contributed by atoms with Crippen LogP contribution in [0, 0.1) is 19.7 Å². The molecule has 0 fully saturated rings. The summed E-state index contributed by atoms with van der Waals surface area (Å²) < 4.78 is 42.6. The lowest BCUT2D eigenvalue weighted by atomic mass is 10.1. The van der Waals surface area contributed by atoms with Crippen LogP contribution in [0.1, 0.15) is 16.7 Å². The minimum absolute atomic E-state index is 0. The third kappa shape index (κ3) is 4.37. The van der Waals surface area contributed by atoms with Crippen molar-refractivity contribution in [1.29, 1.82) is 0 Å². The van der Waals surface area contributed by atoms with Gasteiger partial charge in [0.05, 0.1) is 16.1 Å². The summed E-state index contributed by atoms with van der Waals surface area (Å²) in [6.45, 7) is 4.12. The first-order valence-electron chi connectivity index (χ1n) is 9.94. The Bertz CT molecular complexity index is 1380. The molecule has 0 amide bonds. The molecule has 5 nitrogen and oxygen atoms in total. The van der Waals surface area contributed by atoms with E-state index in [-0.39, 0.29) is 23.1 Å². The molecule has 0 bridgehead atoms. The van der Waals surface area contributed by atoms with Crippen LogP contribution < -0.4 is 10.6 Å². The van der Waals surface area contributed by atoms with Gasteiger partial charge in [0.2, 0.25) is 0 Å². The summed E-state index contributed by atoms with van der Waals surface area (Å²) in [7, 11) is -2.00. The lowest BCUT2D eigenvalue weighted by Crippen LogP contribution is -2.13. The standard InChI is InChI=1S/C24H24FN3O2S.ClH/c1-16-8-11-22(21(25)12-16)27-19-9-10-20-18(14-26-3)15-28(23(20)13-19)31(29,30)24-7-5-4-6-17(24)2;/h4-13,15,26-27H,14H2,1-3H3;1H. The van der Waals surface area contributed by atoms with Crippen molar-refractivity contribution in [2.45, 2.75) is 25.3 Å². The summed E-state index contributed by atoms with van der Waals surface area (Å²) in [5.74, 6) is -0.362. The summed E-state index contributed by atoms with van der Waals surface area (Å²) >= 11 is 0. The van der Waals surface area contributed by atoms with Crippen molar-refractivity contribution in [2.75, 3.05) is 12.4 Å². The third-order valence-corrected chi connectivity index (χ3v) is 7.09. The molecule has 1 heterocycles. The summed E-state index contributed by atoms with van der Waals surface area (Å²) in [5.41, 5.74) is 3.84. The maximum absolute atomic E-state index is 14.3. The Balaban J connectivity index is 0.00000289. The zero-order chi connectivity index (χ0) is 22.2. The second-order valence-electron chi connectivity index (χ2n) is 7.59. The highest BCUT2D eigenvalue weighted by atomic mass is 35.5. The van der Waals surface area contributed by atoms with Gasteiger partial charge in [0.25, 0.3) is 10.0 Å². The van der Waals surface area contributed by atoms with Gasteiger partial charge in [-0.05, 0) is 67.9 Å². The van der Waals surface area contributed by atoms with Gasteiger partial charge in [-0.15, -0.1) is 12.4 Å². The minimum Gasteiger partial charge on any atom is -0.353 e. The Hall–Kier alpha value is -2.87. The van der Waals surface area contributed by atoms with Gasteiger partial charge in [0.15, 0.2) is 0 Å². The van der Waals surface area contributed by atoms with E-state index in [2.05, 4.69) is 10.6 Å². The predicted octanol–water partition coefficient (Wildman–Crippen LogP) is 5.52. The van der Waals surface area contributed by atoms with Gasteiger partial charge in [-0.25, -0.2) is 16.8 Å². The molecule has 0 saturated heterocycles. The number of anilines is 2. The normalized spacial score (nSPS) is 11.4. The molecule has 4 rings (SSSR count). The Labute approximate surface area is 193 Å². The molecule has 1 aromatic heterocycles. The number of benzene rings is 3. The van der Waals surface area contributed by atoms with Crippen LogP contribution in [0.5, 0.6) is 0 Å². The summed E-state index contributed by atoms with van der Waals surface area (Å²) in [6.07, 6.45) is 1.65. The van der Waals surface area contributed by atoms with Gasteiger partial charge in [-0.3, -0.25) is 0 Å². The predicted molar refractivity (Wildman–Crippen MR) is 130 cm³/mol. The van der Waals surface area contributed by atoms with E-state index in [1.54, 1.807) is 43.5 Å². The van der Waals surface area contributed by atoms with Gasteiger partial charge in [-0.2, -0.15) is 0 Å². The smallest absolute Gasteiger partial charge is 0.268 e. The van der Waals surface area contributed by atoms with Gasteiger partial charge in [0, 0.05) is 23.8 Å². The van der Waals surface area contributed by atoms with Crippen LogP contribution in [-0.2, 0) is 16.6 Å². The maximum atomic E-state index is 14.3. The quantitative estimate of drug-likeness (QED) is 0.387. The molecule has 0 aliphatic rings. The van der Waals surface area contributed by atoms with Gasteiger partial charge >= 0.3 is 0 Å². The zero-order valence-corrected chi connectivity index (χ0v) is 19.6. The molecule has 0 radical (unpaired) electrons. The summed E-state index contributed by atoms with van der Waals surface area (Å²) in [4.78, 5) is 0.255. The van der Waals surface area contributed by atoms with Gasteiger partial charge in [-0.1, -0.05) is 30.3 Å². The number of aromatic nitrogens is 1. The highest BCUT2D eigenvalue weighted by Crippen LogP contribution is 2.31. The van der Waals surface area contributed by atoms with Gasteiger partial charge in [0.1, 0.15) is 5.82 Å². The van der Waals surface area contributed by atoms with Crippen LogP contribution in [0.15, 0.2) is 71.8 Å². The number of fused-ring (bicyclic) bond motifs is 1. The molecule has 3 aromatic carbocycles. The van der Waals surface area contributed by atoms with Crippen molar-refractivity contribution in [3.63, 3.8) is 0 Å². The Morgan fingerprint density at radius 1 is 1.00 bits per heavy atom. The summed E-state index contributed by atoms with van der Waals surface area (Å²) in [5, 5.41) is 6.97. The van der Waals surface area contributed by atoms with Gasteiger partial charge < -0.3 is 10.6 Å². The average Bonchev–Trinajstić information content (AvgIpc) is 3.09. The molecule has 168 valence electrons. The lowest BCUT2D eigenvalue weighted by molar-refractivity contribution is 0.588. The Morgan fingerprint density at radius 2 is 1.75 bits per heavy atom. The largest absolute Gasteiger partial charge is 0.353 e.